The second-order valence-electron chi connectivity index (χ2n) is 7.15. The van der Waals surface area contributed by atoms with E-state index in [4.69, 9.17) is 21.1 Å². The van der Waals surface area contributed by atoms with E-state index in [1.165, 1.54) is 18.2 Å². The van der Waals surface area contributed by atoms with E-state index in [1.807, 2.05) is 0 Å². The number of hydrogen-bond donors (Lipinski definition) is 2. The van der Waals surface area contributed by atoms with E-state index in [1.54, 1.807) is 24.4 Å². The average molecular weight is 474 g/mol. The van der Waals surface area contributed by atoms with E-state index < -0.39 is 29.7 Å². The van der Waals surface area contributed by atoms with E-state index in [0.29, 0.717) is 5.69 Å². The van der Waals surface area contributed by atoms with Gasteiger partial charge in [0.05, 0.1) is 34.5 Å². The van der Waals surface area contributed by atoms with Crippen molar-refractivity contribution in [2.75, 3.05) is 11.9 Å². The lowest BCUT2D eigenvalue weighted by atomic mass is 9.96. The number of hydrogen-bond acceptors (Lipinski definition) is 5. The monoisotopic (exact) mass is 473 g/mol. The number of pyridine rings is 1. The Morgan fingerprint density at radius 1 is 1.15 bits per heavy atom. The fourth-order valence-corrected chi connectivity index (χ4v) is 3.56. The van der Waals surface area contributed by atoms with Crippen LogP contribution in [0.4, 0.5) is 19.3 Å². The second kappa shape index (κ2) is 9.83. The molecule has 0 bridgehead atoms. The summed E-state index contributed by atoms with van der Waals surface area (Å²) < 4.78 is 38.8. The number of alkyl carbamates (subject to hydrolysis) is 1. The molecule has 2 N–H and O–H groups in total. The molecule has 1 aliphatic rings. The third kappa shape index (κ3) is 5.20. The maximum Gasteiger partial charge on any atom is 0.408 e. The molecule has 10 heteroatoms. The molecule has 1 atom stereocenters. The highest BCUT2D eigenvalue weighted by molar-refractivity contribution is 6.31. The van der Waals surface area contributed by atoms with Crippen LogP contribution in [0.2, 0.25) is 5.02 Å². The van der Waals surface area contributed by atoms with Gasteiger partial charge in [-0.25, -0.2) is 13.6 Å². The number of benzene rings is 2. The molecule has 0 spiro atoms. The van der Waals surface area contributed by atoms with Gasteiger partial charge in [-0.15, -0.1) is 0 Å². The van der Waals surface area contributed by atoms with Crippen LogP contribution in [0.1, 0.15) is 34.1 Å². The topological polar surface area (TPSA) is 89.5 Å². The number of nitrogens with one attached hydrogen (secondary N) is 2. The van der Waals surface area contributed by atoms with E-state index in [-0.39, 0.29) is 47.2 Å². The van der Waals surface area contributed by atoms with Crippen LogP contribution in [0.15, 0.2) is 54.7 Å². The van der Waals surface area contributed by atoms with Gasteiger partial charge in [0.2, 0.25) is 0 Å². The highest BCUT2D eigenvalue weighted by Gasteiger charge is 2.31. The first-order chi connectivity index (χ1) is 15.9. The Bertz CT molecular complexity index is 1190. The van der Waals surface area contributed by atoms with Crippen molar-refractivity contribution in [1.82, 2.24) is 10.3 Å². The Balaban J connectivity index is 1.51. The van der Waals surface area contributed by atoms with Crippen LogP contribution in [0.25, 0.3) is 0 Å². The third-order valence-corrected chi connectivity index (χ3v) is 5.23. The van der Waals surface area contributed by atoms with Crippen LogP contribution < -0.4 is 15.4 Å². The maximum absolute atomic E-state index is 14.7. The smallest absolute Gasteiger partial charge is 0.408 e. The molecular formula is C23H18ClF2N3O4. The molecule has 0 saturated carbocycles. The third-order valence-electron chi connectivity index (χ3n) is 4.94. The molecule has 0 unspecified atom stereocenters. The van der Waals surface area contributed by atoms with Gasteiger partial charge in [0.15, 0.2) is 0 Å². The lowest BCUT2D eigenvalue weighted by Crippen LogP contribution is -2.34. The zero-order valence-electron chi connectivity index (χ0n) is 17.1. The first-order valence-electron chi connectivity index (χ1n) is 9.97. The molecule has 2 amide bonds. The number of carbonyl (C=O) groups excluding carboxylic acids is 2. The van der Waals surface area contributed by atoms with Crippen molar-refractivity contribution in [2.45, 2.75) is 19.1 Å². The van der Waals surface area contributed by atoms with E-state index >= 15 is 0 Å². The number of rotatable bonds is 5. The molecule has 0 radical (unpaired) electrons. The van der Waals surface area contributed by atoms with Crippen LogP contribution in [0.3, 0.4) is 0 Å². The minimum atomic E-state index is -0.766. The van der Waals surface area contributed by atoms with Crippen LogP contribution in [0, 0.1) is 11.6 Å². The Kier molecular flexibility index (Phi) is 6.69. The Hall–Kier alpha value is -3.72. The fourth-order valence-electron chi connectivity index (χ4n) is 3.38. The number of aromatic nitrogens is 1. The molecule has 0 aliphatic carbocycles. The summed E-state index contributed by atoms with van der Waals surface area (Å²) in [4.78, 5) is 29.2. The van der Waals surface area contributed by atoms with Crippen LogP contribution in [-0.2, 0) is 11.3 Å². The van der Waals surface area contributed by atoms with Crippen molar-refractivity contribution in [1.29, 1.82) is 0 Å². The summed E-state index contributed by atoms with van der Waals surface area (Å²) in [5, 5.41) is 5.04. The minimum absolute atomic E-state index is 0.0157. The lowest BCUT2D eigenvalue weighted by molar-refractivity contribution is 0.102. The van der Waals surface area contributed by atoms with E-state index in [2.05, 4.69) is 15.6 Å². The van der Waals surface area contributed by atoms with Crippen LogP contribution in [0.5, 0.6) is 5.75 Å². The molecule has 0 fully saturated rings. The van der Waals surface area contributed by atoms with Gasteiger partial charge in [-0.2, -0.15) is 0 Å². The predicted octanol–water partition coefficient (Wildman–Crippen LogP) is 5.02. The number of halogens is 3. The number of nitrogens with zero attached hydrogens (tertiary/aromatic N) is 1. The number of fused-ring (bicyclic) bond motifs is 1. The van der Waals surface area contributed by atoms with Gasteiger partial charge in [0, 0.05) is 18.3 Å². The van der Waals surface area contributed by atoms with Crippen molar-refractivity contribution in [3.8, 4) is 5.75 Å². The largest absolute Gasteiger partial charge is 0.492 e. The highest BCUT2D eigenvalue weighted by Crippen LogP contribution is 2.37. The van der Waals surface area contributed by atoms with Crippen molar-refractivity contribution < 1.29 is 27.8 Å². The number of amides is 2. The molecule has 7 nitrogen and oxygen atoms in total. The Morgan fingerprint density at radius 2 is 1.97 bits per heavy atom. The van der Waals surface area contributed by atoms with Crippen LogP contribution >= 0.6 is 11.6 Å². The highest BCUT2D eigenvalue weighted by atomic mass is 35.5. The number of carbonyl (C=O) groups is 2. The molecule has 170 valence electrons. The molecular weight excluding hydrogens is 456 g/mol. The van der Waals surface area contributed by atoms with Crippen molar-refractivity contribution in [2.24, 2.45) is 0 Å². The summed E-state index contributed by atoms with van der Waals surface area (Å²) in [6.45, 7) is 0.0954. The molecule has 2 aromatic carbocycles. The van der Waals surface area contributed by atoms with Gasteiger partial charge < -0.3 is 20.1 Å². The molecule has 3 aromatic rings. The van der Waals surface area contributed by atoms with Gasteiger partial charge in [-0.3, -0.25) is 9.78 Å². The van der Waals surface area contributed by atoms with Crippen molar-refractivity contribution in [3.63, 3.8) is 0 Å². The Labute approximate surface area is 192 Å². The van der Waals surface area contributed by atoms with E-state index in [9.17, 15) is 18.4 Å². The molecule has 2 heterocycles. The summed E-state index contributed by atoms with van der Waals surface area (Å²) in [5.41, 5.74) is 0.917. The van der Waals surface area contributed by atoms with Gasteiger partial charge in [0.1, 0.15) is 24.0 Å². The number of anilines is 1. The lowest BCUT2D eigenvalue weighted by Gasteiger charge is -2.28. The minimum Gasteiger partial charge on any atom is -0.492 e. The molecule has 33 heavy (non-hydrogen) atoms. The number of ether oxygens (including phenoxy) is 2. The second-order valence-corrected chi connectivity index (χ2v) is 7.56. The first kappa shape index (κ1) is 22.5. The predicted molar refractivity (Wildman–Crippen MR) is 116 cm³/mol. The standard InChI is InChI=1S/C23H18ClF2N3O4/c24-16-11-13(4-6-17(16)25)28-22(30)15-5-7-18(26)20-19(8-10-32-21(15)20)29-23(31)33-12-14-3-1-2-9-27-14/h1-7,9,11,19H,8,10,12H2,(H,28,30)(H,29,31)/t19-/m1/s1. The summed E-state index contributed by atoms with van der Waals surface area (Å²) in [7, 11) is 0. The summed E-state index contributed by atoms with van der Waals surface area (Å²) in [5.74, 6) is -1.85. The normalized spacial score (nSPS) is 14.6. The van der Waals surface area contributed by atoms with Gasteiger partial charge >= 0.3 is 6.09 Å². The zero-order chi connectivity index (χ0) is 23.4. The molecule has 4 rings (SSSR count). The molecule has 1 aromatic heterocycles. The van der Waals surface area contributed by atoms with Gasteiger partial charge in [0.25, 0.3) is 5.91 Å². The summed E-state index contributed by atoms with van der Waals surface area (Å²) in [6, 6.07) is 10.6. The van der Waals surface area contributed by atoms with Crippen molar-refractivity contribution in [3.05, 3.63) is 88.2 Å². The summed E-state index contributed by atoms with van der Waals surface area (Å²) >= 11 is 5.76. The fraction of sp³-hybridized carbons (Fsp3) is 0.174. The van der Waals surface area contributed by atoms with Gasteiger partial charge in [-0.05, 0) is 42.5 Å². The van der Waals surface area contributed by atoms with Crippen LogP contribution in [-0.4, -0.2) is 23.6 Å². The van der Waals surface area contributed by atoms with E-state index in [0.717, 1.165) is 12.1 Å². The Morgan fingerprint density at radius 3 is 2.73 bits per heavy atom. The first-order valence-corrected chi connectivity index (χ1v) is 10.3. The average Bonchev–Trinajstić information content (AvgIpc) is 2.81. The van der Waals surface area contributed by atoms with Crippen molar-refractivity contribution >= 4 is 29.3 Å². The zero-order valence-corrected chi connectivity index (χ0v) is 17.9. The van der Waals surface area contributed by atoms with Gasteiger partial charge in [-0.1, -0.05) is 17.7 Å². The SMILES string of the molecule is O=C(N[C@@H]1CCOc2c(C(=O)Nc3ccc(F)c(Cl)c3)ccc(F)c21)OCc1ccccn1. The quantitative estimate of drug-likeness (QED) is 0.543. The molecule has 0 saturated heterocycles. The molecule has 1 aliphatic heterocycles. The summed E-state index contributed by atoms with van der Waals surface area (Å²) in [6.07, 6.45) is 1.10. The maximum atomic E-state index is 14.7.